The normalized spacial score (nSPS) is 19.0. The van der Waals surface area contributed by atoms with Crippen LogP contribution in [0.1, 0.15) is 55.6 Å². The zero-order chi connectivity index (χ0) is 21.9. The number of ether oxygens (including phenoxy) is 1. The molecule has 0 amide bonds. The molecule has 3 aromatic heterocycles. The molecule has 8 nitrogen and oxygen atoms in total. The number of aromatic nitrogens is 5. The molecule has 5 rings (SSSR count). The highest BCUT2D eigenvalue weighted by atomic mass is 19.1. The van der Waals surface area contributed by atoms with E-state index in [2.05, 4.69) is 20.1 Å². The molecule has 1 aliphatic carbocycles. The minimum Gasteiger partial charge on any atom is -0.494 e. The molecule has 0 aliphatic heterocycles. The van der Waals surface area contributed by atoms with Crippen molar-refractivity contribution in [2.75, 3.05) is 12.8 Å². The van der Waals surface area contributed by atoms with Crippen LogP contribution in [0.3, 0.4) is 0 Å². The molecule has 3 N–H and O–H groups in total. The molecule has 0 atom stereocenters. The van der Waals surface area contributed by atoms with Crippen molar-refractivity contribution in [3.63, 3.8) is 0 Å². The van der Waals surface area contributed by atoms with Crippen molar-refractivity contribution >= 4 is 22.5 Å². The average Bonchev–Trinajstić information content (AvgIpc) is 3.12. The van der Waals surface area contributed by atoms with Gasteiger partial charge in [0.2, 0.25) is 5.95 Å². The summed E-state index contributed by atoms with van der Waals surface area (Å²) in [6.45, 7) is 3.48. The fraction of sp³-hybridized carbons (Fsp3) is 0.364. The summed E-state index contributed by atoms with van der Waals surface area (Å²) in [5, 5.41) is 15.1. The van der Waals surface area contributed by atoms with Gasteiger partial charge in [-0.25, -0.2) is 14.4 Å². The number of aliphatic hydroxyl groups is 1. The van der Waals surface area contributed by atoms with Crippen LogP contribution >= 0.6 is 0 Å². The van der Waals surface area contributed by atoms with Crippen molar-refractivity contribution in [1.29, 1.82) is 0 Å². The Bertz CT molecular complexity index is 1290. The Labute approximate surface area is 177 Å². The minimum absolute atomic E-state index is 0.158. The lowest BCUT2D eigenvalue weighted by Gasteiger charge is -2.33. The van der Waals surface area contributed by atoms with Crippen LogP contribution in [-0.2, 0) is 5.60 Å². The number of benzene rings is 1. The van der Waals surface area contributed by atoms with E-state index in [1.54, 1.807) is 20.0 Å². The molecule has 0 radical (unpaired) electrons. The second kappa shape index (κ2) is 6.84. The van der Waals surface area contributed by atoms with E-state index in [0.717, 1.165) is 24.1 Å². The predicted octanol–water partition coefficient (Wildman–Crippen LogP) is 3.29. The maximum atomic E-state index is 14.1. The quantitative estimate of drug-likeness (QED) is 0.519. The highest BCUT2D eigenvalue weighted by molar-refractivity contribution is 5.95. The molecule has 31 heavy (non-hydrogen) atoms. The summed E-state index contributed by atoms with van der Waals surface area (Å²) in [6.07, 6.45) is 3.44. The minimum atomic E-state index is -0.910. The van der Waals surface area contributed by atoms with E-state index in [4.69, 9.17) is 10.5 Å². The first-order valence-electron chi connectivity index (χ1n) is 10.1. The summed E-state index contributed by atoms with van der Waals surface area (Å²) in [4.78, 5) is 13.5. The van der Waals surface area contributed by atoms with Crippen LogP contribution in [-0.4, -0.2) is 36.8 Å². The van der Waals surface area contributed by atoms with Gasteiger partial charge in [0.1, 0.15) is 17.1 Å². The molecule has 9 heteroatoms. The summed E-state index contributed by atoms with van der Waals surface area (Å²) >= 11 is 0. The number of methoxy groups -OCH3 is 1. The van der Waals surface area contributed by atoms with Crippen LogP contribution in [0.25, 0.3) is 16.6 Å². The van der Waals surface area contributed by atoms with Gasteiger partial charge in [0, 0.05) is 35.4 Å². The van der Waals surface area contributed by atoms with Gasteiger partial charge in [-0.05, 0) is 38.8 Å². The van der Waals surface area contributed by atoms with Gasteiger partial charge in [-0.3, -0.25) is 4.98 Å². The molecule has 160 valence electrons. The van der Waals surface area contributed by atoms with E-state index in [1.807, 2.05) is 12.1 Å². The number of anilines is 1. The van der Waals surface area contributed by atoms with E-state index in [-0.39, 0.29) is 11.9 Å². The average molecular weight is 422 g/mol. The van der Waals surface area contributed by atoms with Crippen LogP contribution in [0.15, 0.2) is 30.5 Å². The number of nitrogen functional groups attached to an aromatic ring is 1. The highest BCUT2D eigenvalue weighted by Crippen LogP contribution is 2.46. The molecule has 1 aliphatic rings. The van der Waals surface area contributed by atoms with E-state index in [9.17, 15) is 9.50 Å². The second-order valence-corrected chi connectivity index (χ2v) is 8.58. The molecule has 3 heterocycles. The fourth-order valence-corrected chi connectivity index (χ4v) is 4.09. The summed E-state index contributed by atoms with van der Waals surface area (Å²) < 4.78 is 20.8. The lowest BCUT2D eigenvalue weighted by molar-refractivity contribution is 0.0781. The van der Waals surface area contributed by atoms with Gasteiger partial charge in [0.05, 0.1) is 18.1 Å². The third kappa shape index (κ3) is 3.25. The number of hydrogen-bond acceptors (Lipinski definition) is 7. The molecule has 0 saturated heterocycles. The largest absolute Gasteiger partial charge is 0.494 e. The maximum Gasteiger partial charge on any atom is 0.223 e. The number of hydrogen-bond donors (Lipinski definition) is 2. The summed E-state index contributed by atoms with van der Waals surface area (Å²) in [6, 6.07) is 6.53. The Hall–Kier alpha value is -3.33. The monoisotopic (exact) mass is 422 g/mol. The topological polar surface area (TPSA) is 111 Å². The van der Waals surface area contributed by atoms with E-state index in [1.165, 1.54) is 23.8 Å². The molecule has 0 spiro atoms. The Morgan fingerprint density at radius 2 is 1.97 bits per heavy atom. The summed E-state index contributed by atoms with van der Waals surface area (Å²) in [7, 11) is 1.46. The third-order valence-corrected chi connectivity index (χ3v) is 5.98. The summed E-state index contributed by atoms with van der Waals surface area (Å²) in [5.74, 6) is 1.16. The second-order valence-electron chi connectivity index (χ2n) is 8.58. The number of nitrogens with zero attached hydrogens (tertiary/aromatic N) is 5. The zero-order valence-electron chi connectivity index (χ0n) is 17.5. The van der Waals surface area contributed by atoms with Crippen molar-refractivity contribution in [2.24, 2.45) is 0 Å². The highest BCUT2D eigenvalue weighted by Gasteiger charge is 2.35. The first kappa shape index (κ1) is 19.6. The standard InChI is InChI=1S/C22H23FN6O2/c1-22(2,30)13-4-5-16(25-10-13)11-6-12(7-11)19-27-20-15-8-14(23)9-17(31-3)18(15)26-21(24)29(20)28-19/h4-5,8-12,30H,6-7H2,1-3H3,(H2,24,26)/t11-,12+. The van der Waals surface area contributed by atoms with Gasteiger partial charge < -0.3 is 15.6 Å². The third-order valence-electron chi connectivity index (χ3n) is 5.98. The Kier molecular flexibility index (Phi) is 4.33. The number of halogens is 1. The molecular weight excluding hydrogens is 399 g/mol. The predicted molar refractivity (Wildman–Crippen MR) is 113 cm³/mol. The Morgan fingerprint density at radius 3 is 2.61 bits per heavy atom. The molecule has 1 saturated carbocycles. The SMILES string of the molecule is COc1cc(F)cc2c1nc(N)n1nc([C@H]3C[C@@H](c4ccc(C(C)(C)O)cn4)C3)nc21. The van der Waals surface area contributed by atoms with Crippen LogP contribution in [0.2, 0.25) is 0 Å². The fourth-order valence-electron chi connectivity index (χ4n) is 4.09. The van der Waals surface area contributed by atoms with Crippen LogP contribution in [0, 0.1) is 5.82 Å². The van der Waals surface area contributed by atoms with Gasteiger partial charge in [-0.1, -0.05) is 6.07 Å². The van der Waals surface area contributed by atoms with Crippen LogP contribution in [0.4, 0.5) is 10.3 Å². The van der Waals surface area contributed by atoms with Gasteiger partial charge in [0.25, 0.3) is 0 Å². The number of rotatable bonds is 4. The smallest absolute Gasteiger partial charge is 0.223 e. The van der Waals surface area contributed by atoms with Crippen LogP contribution < -0.4 is 10.5 Å². The van der Waals surface area contributed by atoms with Gasteiger partial charge in [-0.15, -0.1) is 5.10 Å². The van der Waals surface area contributed by atoms with Gasteiger partial charge in [-0.2, -0.15) is 4.52 Å². The molecule has 0 unspecified atom stereocenters. The van der Waals surface area contributed by atoms with Crippen LogP contribution in [0.5, 0.6) is 5.75 Å². The summed E-state index contributed by atoms with van der Waals surface area (Å²) in [5.41, 5.74) is 7.88. The van der Waals surface area contributed by atoms with E-state index >= 15 is 0 Å². The number of fused-ring (bicyclic) bond motifs is 3. The first-order valence-corrected chi connectivity index (χ1v) is 10.1. The molecular formula is C22H23FN6O2. The van der Waals surface area contributed by atoms with Gasteiger partial charge in [0.15, 0.2) is 11.5 Å². The van der Waals surface area contributed by atoms with Crippen molar-refractivity contribution in [1.82, 2.24) is 24.6 Å². The van der Waals surface area contributed by atoms with Crippen molar-refractivity contribution in [3.8, 4) is 5.75 Å². The maximum absolute atomic E-state index is 14.1. The lowest BCUT2D eigenvalue weighted by Crippen LogP contribution is -2.23. The van der Waals surface area contributed by atoms with Crippen molar-refractivity contribution < 1.29 is 14.2 Å². The Balaban J connectivity index is 1.44. The molecule has 1 aromatic carbocycles. The lowest BCUT2D eigenvalue weighted by atomic mass is 9.72. The van der Waals surface area contributed by atoms with E-state index in [0.29, 0.717) is 34.0 Å². The zero-order valence-corrected chi connectivity index (χ0v) is 17.5. The Morgan fingerprint density at radius 1 is 1.19 bits per heavy atom. The van der Waals surface area contributed by atoms with Crippen molar-refractivity contribution in [3.05, 3.63) is 53.4 Å². The molecule has 1 fully saturated rings. The van der Waals surface area contributed by atoms with Gasteiger partial charge >= 0.3 is 0 Å². The first-order chi connectivity index (χ1) is 14.7. The van der Waals surface area contributed by atoms with Crippen molar-refractivity contribution in [2.45, 2.75) is 44.1 Å². The number of pyridine rings is 1. The van der Waals surface area contributed by atoms with E-state index < -0.39 is 11.4 Å². The molecule has 0 bridgehead atoms. The molecule has 4 aromatic rings. The number of nitrogens with two attached hydrogens (primary N) is 1.